The number of nitrogens with one attached hydrogen (secondary N) is 2. The van der Waals surface area contributed by atoms with Crippen LogP contribution in [0.4, 0.5) is 0 Å². The molecule has 2 aromatic rings. The summed E-state index contributed by atoms with van der Waals surface area (Å²) >= 11 is 3.44. The van der Waals surface area contributed by atoms with Gasteiger partial charge < -0.3 is 20.5 Å². The first-order chi connectivity index (χ1) is 11.1. The van der Waals surface area contributed by atoms with Gasteiger partial charge in [0.15, 0.2) is 6.61 Å². The van der Waals surface area contributed by atoms with Gasteiger partial charge in [0, 0.05) is 30.0 Å². The van der Waals surface area contributed by atoms with E-state index in [1.54, 1.807) is 0 Å². The maximum atomic E-state index is 11.8. The van der Waals surface area contributed by atoms with Gasteiger partial charge in [-0.05, 0) is 35.0 Å². The summed E-state index contributed by atoms with van der Waals surface area (Å²) in [5.74, 6) is 0.551. The molecular formula is C17H19BrN2O3. The summed E-state index contributed by atoms with van der Waals surface area (Å²) in [6.45, 7) is 1.74. The van der Waals surface area contributed by atoms with Gasteiger partial charge in [0.05, 0.1) is 6.10 Å². The molecule has 0 spiro atoms. The van der Waals surface area contributed by atoms with Crippen LogP contribution in [0.2, 0.25) is 0 Å². The van der Waals surface area contributed by atoms with E-state index >= 15 is 0 Å². The van der Waals surface area contributed by atoms with Gasteiger partial charge in [0.2, 0.25) is 0 Å². The molecule has 5 nitrogen and oxygen atoms in total. The van der Waals surface area contributed by atoms with Crippen molar-refractivity contribution in [3.63, 3.8) is 0 Å². The molecule has 6 heteroatoms. The number of benzene rings is 2. The summed E-state index contributed by atoms with van der Waals surface area (Å²) in [5.41, 5.74) is 0. The minimum absolute atomic E-state index is 0.0295. The zero-order valence-electron chi connectivity index (χ0n) is 12.6. The maximum absolute atomic E-state index is 11.8. The Hall–Kier alpha value is -1.63. The highest BCUT2D eigenvalue weighted by Gasteiger charge is 2.24. The summed E-state index contributed by atoms with van der Waals surface area (Å²) in [6.07, 6.45) is -0.393. The van der Waals surface area contributed by atoms with E-state index in [0.29, 0.717) is 18.8 Å². The second-order valence-corrected chi connectivity index (χ2v) is 6.65. The van der Waals surface area contributed by atoms with Crippen molar-refractivity contribution in [2.24, 2.45) is 5.92 Å². The summed E-state index contributed by atoms with van der Waals surface area (Å²) in [5, 5.41) is 17.7. The first-order valence-corrected chi connectivity index (χ1v) is 8.39. The molecule has 1 aliphatic rings. The number of aliphatic hydroxyl groups excluding tert-OH is 1. The van der Waals surface area contributed by atoms with E-state index in [1.165, 1.54) is 0 Å². The molecule has 23 heavy (non-hydrogen) atoms. The Morgan fingerprint density at radius 3 is 2.83 bits per heavy atom. The fourth-order valence-corrected chi connectivity index (χ4v) is 3.04. The number of β-amino-alcohol motifs (C(OH)–C–C–N with tert-alkyl or cyclic N) is 1. The molecule has 2 atom stereocenters. The lowest BCUT2D eigenvalue weighted by molar-refractivity contribution is -0.123. The van der Waals surface area contributed by atoms with Gasteiger partial charge in [0.1, 0.15) is 5.75 Å². The van der Waals surface area contributed by atoms with E-state index in [0.717, 1.165) is 21.8 Å². The Morgan fingerprint density at radius 1 is 1.26 bits per heavy atom. The van der Waals surface area contributed by atoms with Gasteiger partial charge in [-0.1, -0.05) is 28.1 Å². The third-order valence-electron chi connectivity index (χ3n) is 4.01. The molecule has 1 saturated heterocycles. The van der Waals surface area contributed by atoms with Gasteiger partial charge in [-0.3, -0.25) is 4.79 Å². The number of carbonyl (C=O) groups excluding carboxylic acids is 1. The van der Waals surface area contributed by atoms with Crippen molar-refractivity contribution in [2.75, 3.05) is 26.2 Å². The smallest absolute Gasteiger partial charge is 0.257 e. The molecule has 0 aromatic heterocycles. The number of fused-ring (bicyclic) bond motifs is 1. The highest BCUT2D eigenvalue weighted by atomic mass is 79.9. The minimum atomic E-state index is -0.393. The van der Waals surface area contributed by atoms with Crippen molar-refractivity contribution >= 4 is 32.6 Å². The van der Waals surface area contributed by atoms with Crippen molar-refractivity contribution in [1.29, 1.82) is 0 Å². The first-order valence-electron chi connectivity index (χ1n) is 7.59. The molecule has 1 fully saturated rings. The molecule has 0 saturated carbocycles. The van der Waals surface area contributed by atoms with E-state index in [-0.39, 0.29) is 18.4 Å². The van der Waals surface area contributed by atoms with Crippen LogP contribution in [0.3, 0.4) is 0 Å². The van der Waals surface area contributed by atoms with Crippen LogP contribution >= 0.6 is 15.9 Å². The molecule has 3 N–H and O–H groups in total. The predicted octanol–water partition coefficient (Wildman–Crippen LogP) is 1.68. The standard InChI is InChI=1S/C17H19BrN2O3/c18-14-3-1-12-6-15(4-2-11(12)5-14)23-10-17(22)20-8-13-7-19-9-16(13)21/h1-6,13,16,19,21H,7-10H2,(H,20,22). The van der Waals surface area contributed by atoms with Crippen LogP contribution in [0, 0.1) is 5.92 Å². The number of aliphatic hydroxyl groups is 1. The summed E-state index contributed by atoms with van der Waals surface area (Å²) in [4.78, 5) is 11.8. The zero-order valence-corrected chi connectivity index (χ0v) is 14.2. The lowest BCUT2D eigenvalue weighted by Crippen LogP contribution is -2.36. The molecule has 0 bridgehead atoms. The number of hydrogen-bond donors (Lipinski definition) is 3. The molecule has 1 aliphatic heterocycles. The van der Waals surface area contributed by atoms with Crippen molar-refractivity contribution in [1.82, 2.24) is 10.6 Å². The fourth-order valence-electron chi connectivity index (χ4n) is 2.66. The number of halogens is 1. The Bertz CT molecular complexity index is 707. The molecule has 2 aromatic carbocycles. The molecule has 122 valence electrons. The van der Waals surface area contributed by atoms with Crippen molar-refractivity contribution in [3.8, 4) is 5.75 Å². The number of ether oxygens (including phenoxy) is 1. The second kappa shape index (κ2) is 7.29. The molecule has 3 rings (SSSR count). The van der Waals surface area contributed by atoms with Crippen LogP contribution in [0.25, 0.3) is 10.8 Å². The van der Waals surface area contributed by atoms with Crippen LogP contribution in [0.5, 0.6) is 5.75 Å². The van der Waals surface area contributed by atoms with Gasteiger partial charge in [-0.15, -0.1) is 0 Å². The van der Waals surface area contributed by atoms with E-state index in [2.05, 4.69) is 26.6 Å². The van der Waals surface area contributed by atoms with Crippen molar-refractivity contribution in [2.45, 2.75) is 6.10 Å². The average molecular weight is 379 g/mol. The van der Waals surface area contributed by atoms with E-state index in [1.807, 2.05) is 36.4 Å². The molecular weight excluding hydrogens is 360 g/mol. The first kappa shape index (κ1) is 16.2. The van der Waals surface area contributed by atoms with Gasteiger partial charge in [-0.25, -0.2) is 0 Å². The average Bonchev–Trinajstić information content (AvgIpc) is 2.96. The monoisotopic (exact) mass is 378 g/mol. The number of amides is 1. The summed E-state index contributed by atoms with van der Waals surface area (Å²) in [7, 11) is 0. The second-order valence-electron chi connectivity index (χ2n) is 5.73. The quantitative estimate of drug-likeness (QED) is 0.740. The highest BCUT2D eigenvalue weighted by Crippen LogP contribution is 2.24. The minimum Gasteiger partial charge on any atom is -0.484 e. The van der Waals surface area contributed by atoms with E-state index in [4.69, 9.17) is 4.74 Å². The lowest BCUT2D eigenvalue weighted by Gasteiger charge is -2.14. The van der Waals surface area contributed by atoms with Gasteiger partial charge in [-0.2, -0.15) is 0 Å². The SMILES string of the molecule is O=C(COc1ccc2cc(Br)ccc2c1)NCC1CNCC1O. The molecule has 0 radical (unpaired) electrons. The molecule has 2 unspecified atom stereocenters. The third-order valence-corrected chi connectivity index (χ3v) is 4.50. The summed E-state index contributed by atoms with van der Waals surface area (Å²) in [6, 6.07) is 11.7. The largest absolute Gasteiger partial charge is 0.484 e. The van der Waals surface area contributed by atoms with Crippen molar-refractivity contribution < 1.29 is 14.6 Å². The van der Waals surface area contributed by atoms with E-state index in [9.17, 15) is 9.90 Å². The number of hydrogen-bond acceptors (Lipinski definition) is 4. The summed E-state index contributed by atoms with van der Waals surface area (Å²) < 4.78 is 6.58. The van der Waals surface area contributed by atoms with Crippen molar-refractivity contribution in [3.05, 3.63) is 40.9 Å². The zero-order chi connectivity index (χ0) is 16.2. The number of carbonyl (C=O) groups is 1. The van der Waals surface area contributed by atoms with Crippen LogP contribution in [-0.2, 0) is 4.79 Å². The Balaban J connectivity index is 1.51. The van der Waals surface area contributed by atoms with Crippen LogP contribution < -0.4 is 15.4 Å². The lowest BCUT2D eigenvalue weighted by atomic mass is 10.1. The maximum Gasteiger partial charge on any atom is 0.257 e. The highest BCUT2D eigenvalue weighted by molar-refractivity contribution is 9.10. The van der Waals surface area contributed by atoms with E-state index < -0.39 is 6.10 Å². The molecule has 0 aliphatic carbocycles. The van der Waals surface area contributed by atoms with Crippen LogP contribution in [-0.4, -0.2) is 43.4 Å². The normalized spacial score (nSPS) is 20.6. The molecule has 1 heterocycles. The topological polar surface area (TPSA) is 70.6 Å². The third kappa shape index (κ3) is 4.22. The van der Waals surface area contributed by atoms with Gasteiger partial charge in [0.25, 0.3) is 5.91 Å². The molecule has 1 amide bonds. The fraction of sp³-hybridized carbons (Fsp3) is 0.353. The van der Waals surface area contributed by atoms with Crippen LogP contribution in [0.1, 0.15) is 0 Å². The van der Waals surface area contributed by atoms with Gasteiger partial charge >= 0.3 is 0 Å². The van der Waals surface area contributed by atoms with Crippen LogP contribution in [0.15, 0.2) is 40.9 Å². The number of rotatable bonds is 5. The Kier molecular flexibility index (Phi) is 5.15. The Morgan fingerprint density at radius 2 is 2.04 bits per heavy atom. The Labute approximate surface area is 143 Å². The predicted molar refractivity (Wildman–Crippen MR) is 92.5 cm³/mol.